The first-order chi connectivity index (χ1) is 5.68. The normalized spacial score (nSPS) is 22.2. The number of aliphatic hydroxyl groups excluding tert-OH is 1. The first-order valence-corrected chi connectivity index (χ1v) is 5.36. The first-order valence-electron chi connectivity index (χ1n) is 5.36. The van der Waals surface area contributed by atoms with Crippen LogP contribution in [0.3, 0.4) is 0 Å². The summed E-state index contributed by atoms with van der Waals surface area (Å²) in [5.74, 6) is 1.59. The molecule has 0 unspecified atom stereocenters. The molecule has 1 heteroatoms. The molecule has 0 radical (unpaired) electrons. The van der Waals surface area contributed by atoms with Gasteiger partial charge in [0, 0.05) is 0 Å². The van der Waals surface area contributed by atoms with Gasteiger partial charge in [-0.2, -0.15) is 0 Å². The smallest absolute Gasteiger partial charge is 0.0540 e. The topological polar surface area (TPSA) is 20.2 Å². The molecular weight excluding hydrogens is 160 g/mol. The van der Waals surface area contributed by atoms with Gasteiger partial charge in [0.05, 0.1) is 6.10 Å². The molecule has 1 N–H and O–H groups in total. The van der Waals surface area contributed by atoms with Crippen LogP contribution in [0.5, 0.6) is 0 Å². The van der Waals surface area contributed by atoms with Gasteiger partial charge in [0.2, 0.25) is 0 Å². The van der Waals surface area contributed by atoms with Gasteiger partial charge in [-0.25, -0.2) is 0 Å². The summed E-state index contributed by atoms with van der Waals surface area (Å²) in [7, 11) is 0. The van der Waals surface area contributed by atoms with Crippen molar-refractivity contribution in [1.82, 2.24) is 0 Å². The van der Waals surface area contributed by atoms with E-state index in [1.165, 1.54) is 0 Å². The third-order valence-electron chi connectivity index (χ3n) is 3.74. The molecule has 0 saturated carbocycles. The third-order valence-corrected chi connectivity index (χ3v) is 3.74. The lowest BCUT2D eigenvalue weighted by atomic mass is 9.70. The van der Waals surface area contributed by atoms with Crippen molar-refractivity contribution >= 4 is 0 Å². The lowest BCUT2D eigenvalue weighted by Crippen LogP contribution is -2.32. The van der Waals surface area contributed by atoms with E-state index in [9.17, 15) is 5.11 Å². The zero-order chi connectivity index (χ0) is 10.8. The van der Waals surface area contributed by atoms with E-state index in [4.69, 9.17) is 0 Å². The Morgan fingerprint density at radius 1 is 0.846 bits per heavy atom. The highest BCUT2D eigenvalue weighted by Crippen LogP contribution is 2.36. The molecule has 0 heterocycles. The van der Waals surface area contributed by atoms with Crippen LogP contribution in [0.15, 0.2) is 0 Å². The highest BCUT2D eigenvalue weighted by atomic mass is 16.3. The Hall–Kier alpha value is -0.0400. The third kappa shape index (κ3) is 3.68. The zero-order valence-corrected chi connectivity index (χ0v) is 10.3. The van der Waals surface area contributed by atoms with Crippen LogP contribution in [0.25, 0.3) is 0 Å². The zero-order valence-electron chi connectivity index (χ0n) is 10.3. The second-order valence-corrected chi connectivity index (χ2v) is 5.61. The van der Waals surface area contributed by atoms with E-state index >= 15 is 0 Å². The quantitative estimate of drug-likeness (QED) is 0.717. The number of hydrogen-bond acceptors (Lipinski definition) is 1. The Kier molecular flexibility index (Phi) is 4.44. The van der Waals surface area contributed by atoms with E-state index < -0.39 is 0 Å². The van der Waals surface area contributed by atoms with Gasteiger partial charge in [0.15, 0.2) is 0 Å². The van der Waals surface area contributed by atoms with Gasteiger partial charge in [-0.1, -0.05) is 41.5 Å². The maximum absolute atomic E-state index is 9.51. The van der Waals surface area contributed by atoms with E-state index in [2.05, 4.69) is 41.5 Å². The van der Waals surface area contributed by atoms with E-state index in [1.54, 1.807) is 0 Å². The molecular formula is C12H26O. The van der Waals surface area contributed by atoms with Crippen molar-refractivity contribution in [2.24, 2.45) is 23.2 Å². The molecule has 0 aliphatic heterocycles. The van der Waals surface area contributed by atoms with E-state index in [0.717, 1.165) is 0 Å². The number of rotatable bonds is 3. The lowest BCUT2D eigenvalue weighted by molar-refractivity contribution is 0.0554. The van der Waals surface area contributed by atoms with E-state index in [0.29, 0.717) is 23.2 Å². The molecule has 80 valence electrons. The van der Waals surface area contributed by atoms with Gasteiger partial charge in [0.1, 0.15) is 0 Å². The lowest BCUT2D eigenvalue weighted by Gasteiger charge is -2.36. The fraction of sp³-hybridized carbons (Fsp3) is 1.00. The van der Waals surface area contributed by atoms with Gasteiger partial charge in [-0.15, -0.1) is 0 Å². The van der Waals surface area contributed by atoms with Gasteiger partial charge >= 0.3 is 0 Å². The molecule has 0 fully saturated rings. The predicted molar refractivity (Wildman–Crippen MR) is 58.6 cm³/mol. The van der Waals surface area contributed by atoms with E-state index in [-0.39, 0.29) is 6.10 Å². The second-order valence-electron chi connectivity index (χ2n) is 5.61. The number of hydrogen-bond donors (Lipinski definition) is 1. The molecule has 0 aromatic heterocycles. The monoisotopic (exact) mass is 186 g/mol. The largest absolute Gasteiger partial charge is 0.393 e. The standard InChI is InChI=1S/C12H26O/c1-8(9(2)11(4)13)10(3)12(5,6)7/h8-11,13H,1-7H3/t8-,9+,10+,11-/m0/s1. The minimum absolute atomic E-state index is 0.195. The van der Waals surface area contributed by atoms with Crippen molar-refractivity contribution < 1.29 is 5.11 Å². The van der Waals surface area contributed by atoms with Crippen LogP contribution in [0.2, 0.25) is 0 Å². The molecule has 0 bridgehead atoms. The van der Waals surface area contributed by atoms with Crippen LogP contribution in [-0.2, 0) is 0 Å². The van der Waals surface area contributed by atoms with Crippen LogP contribution in [0.1, 0.15) is 48.5 Å². The SMILES string of the molecule is C[C@H]([C@H](C)[C@@H](C)C(C)(C)C)[C@H](C)O. The molecule has 0 aromatic rings. The van der Waals surface area contributed by atoms with Crippen LogP contribution >= 0.6 is 0 Å². The highest BCUT2D eigenvalue weighted by Gasteiger charge is 2.30. The first kappa shape index (κ1) is 13.0. The Bertz CT molecular complexity index is 144. The molecule has 0 aliphatic rings. The van der Waals surface area contributed by atoms with Crippen molar-refractivity contribution in [1.29, 1.82) is 0 Å². The average Bonchev–Trinajstić information content (AvgIpc) is 1.98. The summed E-state index contributed by atoms with van der Waals surface area (Å²) in [6.45, 7) is 15.3. The summed E-state index contributed by atoms with van der Waals surface area (Å²) in [6.07, 6.45) is -0.195. The van der Waals surface area contributed by atoms with Crippen molar-refractivity contribution in [3.8, 4) is 0 Å². The predicted octanol–water partition coefficient (Wildman–Crippen LogP) is 3.32. The molecule has 4 atom stereocenters. The molecule has 0 rings (SSSR count). The van der Waals surface area contributed by atoms with Crippen LogP contribution in [0, 0.1) is 23.2 Å². The van der Waals surface area contributed by atoms with Crippen molar-refractivity contribution in [3.63, 3.8) is 0 Å². The van der Waals surface area contributed by atoms with Gasteiger partial charge < -0.3 is 5.11 Å². The fourth-order valence-corrected chi connectivity index (χ4v) is 1.68. The Labute approximate surface area is 83.5 Å². The summed E-state index contributed by atoms with van der Waals surface area (Å²) >= 11 is 0. The Morgan fingerprint density at radius 3 is 1.46 bits per heavy atom. The van der Waals surface area contributed by atoms with Crippen LogP contribution in [0.4, 0.5) is 0 Å². The fourth-order valence-electron chi connectivity index (χ4n) is 1.68. The molecule has 1 nitrogen and oxygen atoms in total. The second kappa shape index (κ2) is 4.45. The molecule has 0 spiro atoms. The summed E-state index contributed by atoms with van der Waals surface area (Å²) < 4.78 is 0. The summed E-state index contributed by atoms with van der Waals surface area (Å²) in [4.78, 5) is 0. The summed E-state index contributed by atoms with van der Waals surface area (Å²) in [6, 6.07) is 0. The summed E-state index contributed by atoms with van der Waals surface area (Å²) in [5, 5.41) is 9.51. The minimum Gasteiger partial charge on any atom is -0.393 e. The maximum Gasteiger partial charge on any atom is 0.0540 e. The van der Waals surface area contributed by atoms with Gasteiger partial charge in [0.25, 0.3) is 0 Å². The average molecular weight is 186 g/mol. The molecule has 0 aromatic carbocycles. The van der Waals surface area contributed by atoms with Crippen molar-refractivity contribution in [2.45, 2.75) is 54.6 Å². The molecule has 0 amide bonds. The number of aliphatic hydroxyl groups is 1. The molecule has 0 saturated heterocycles. The van der Waals surface area contributed by atoms with Crippen molar-refractivity contribution in [3.05, 3.63) is 0 Å². The highest BCUT2D eigenvalue weighted by molar-refractivity contribution is 4.79. The van der Waals surface area contributed by atoms with Crippen LogP contribution in [-0.4, -0.2) is 11.2 Å². The van der Waals surface area contributed by atoms with Crippen LogP contribution < -0.4 is 0 Å². The van der Waals surface area contributed by atoms with Crippen molar-refractivity contribution in [2.75, 3.05) is 0 Å². The summed E-state index contributed by atoms with van der Waals surface area (Å²) in [5.41, 5.74) is 0.336. The maximum atomic E-state index is 9.51. The minimum atomic E-state index is -0.195. The Morgan fingerprint density at radius 2 is 1.23 bits per heavy atom. The van der Waals surface area contributed by atoms with E-state index in [1.807, 2.05) is 6.92 Å². The molecule has 0 aliphatic carbocycles. The van der Waals surface area contributed by atoms with Gasteiger partial charge in [-0.05, 0) is 30.1 Å². The molecule has 13 heavy (non-hydrogen) atoms. The van der Waals surface area contributed by atoms with Gasteiger partial charge in [-0.3, -0.25) is 0 Å². The Balaban J connectivity index is 4.34.